The average Bonchev–Trinajstić information content (AvgIpc) is 1.52. The number of nitrogens with zero attached hydrogens (tertiary/aromatic N) is 7. The number of carbonyl (C=O) groups is 6. The Morgan fingerprint density at radius 3 is 0.868 bits per heavy atom. The second-order valence-corrected chi connectivity index (χ2v) is 35.0. The van der Waals surface area contributed by atoms with Crippen LogP contribution in [0.3, 0.4) is 0 Å². The Morgan fingerprint density at radius 1 is 0.386 bits per heavy atom. The smallest absolute Gasteiger partial charge is 0.454 e. The van der Waals surface area contributed by atoms with Crippen LogP contribution in [0, 0.1) is 0 Å². The molecule has 28 nitrogen and oxygen atoms in total. The van der Waals surface area contributed by atoms with E-state index in [1.54, 1.807) is 11.8 Å². The minimum atomic E-state index is -5.04. The maximum absolute atomic E-state index is 13.2. The molecule has 8 saturated heterocycles. The number of rotatable bonds is 20. The molecular weight excluding hydrogens is 1630 g/mol. The number of Topliss-reactive ketones (excluding diaryl/α,β-unsaturated/α-hetero) is 4. The van der Waals surface area contributed by atoms with E-state index in [0.717, 1.165) is 130 Å². The summed E-state index contributed by atoms with van der Waals surface area (Å²) in [6.45, 7) is 10.6. The van der Waals surface area contributed by atoms with Gasteiger partial charge in [-0.1, -0.05) is 13.3 Å². The van der Waals surface area contributed by atoms with E-state index in [1.807, 2.05) is 4.90 Å². The number of piperidine rings is 4. The zero-order chi connectivity index (χ0) is 83.9. The van der Waals surface area contributed by atoms with Crippen molar-refractivity contribution >= 4 is 75.2 Å². The molecule has 0 saturated carbocycles. The quantitative estimate of drug-likeness (QED) is 0.0486. The molecule has 12 rings (SSSR count). The molecule has 8 aliphatic heterocycles. The summed E-state index contributed by atoms with van der Waals surface area (Å²) in [5.74, 6) is -9.42. The minimum absolute atomic E-state index is 0.0739. The minimum Gasteiger partial charge on any atom is -0.480 e. The van der Waals surface area contributed by atoms with Gasteiger partial charge in [0.25, 0.3) is 23.1 Å². The van der Waals surface area contributed by atoms with Crippen molar-refractivity contribution in [2.24, 2.45) is 0 Å². The summed E-state index contributed by atoms with van der Waals surface area (Å²) < 4.78 is 288. The molecule has 0 bridgehead atoms. The highest BCUT2D eigenvalue weighted by atomic mass is 32.2. The summed E-state index contributed by atoms with van der Waals surface area (Å²) in [4.78, 5) is 72.7. The van der Waals surface area contributed by atoms with Crippen LogP contribution in [0.4, 0.5) is 52.7 Å². The van der Waals surface area contributed by atoms with Crippen molar-refractivity contribution in [1.82, 2.24) is 37.2 Å². The predicted molar refractivity (Wildman–Crippen MR) is 376 cm³/mol. The van der Waals surface area contributed by atoms with Gasteiger partial charge in [0.1, 0.15) is 22.9 Å². The van der Waals surface area contributed by atoms with Gasteiger partial charge in [0.2, 0.25) is 40.1 Å². The van der Waals surface area contributed by atoms with Gasteiger partial charge in [-0.15, -0.1) is 0 Å². The number of esters is 1. The Bertz CT molecular complexity index is 4560. The first kappa shape index (κ1) is 90.9. The van der Waals surface area contributed by atoms with Crippen LogP contribution in [0.25, 0.3) is 0 Å². The lowest BCUT2D eigenvalue weighted by Gasteiger charge is -2.42. The zero-order valence-corrected chi connectivity index (χ0v) is 64.7. The Labute approximate surface area is 649 Å². The summed E-state index contributed by atoms with van der Waals surface area (Å²) in [5, 5.41) is 12.0. The normalized spacial score (nSPS) is 20.8. The van der Waals surface area contributed by atoms with Gasteiger partial charge >= 0.3 is 36.6 Å². The number of hydrogen-bond acceptors (Lipinski definition) is 23. The molecule has 4 aromatic rings. The molecule has 0 aromatic heterocycles. The van der Waals surface area contributed by atoms with E-state index in [4.69, 9.17) is 28.8 Å². The van der Waals surface area contributed by atoms with Gasteiger partial charge in [-0.2, -0.15) is 69.9 Å². The maximum atomic E-state index is 13.2. The van der Waals surface area contributed by atoms with E-state index >= 15 is 0 Å². The number of carbonyl (C=O) groups excluding carboxylic acids is 5. The molecule has 114 heavy (non-hydrogen) atoms. The third-order valence-corrected chi connectivity index (χ3v) is 28.3. The Morgan fingerprint density at radius 2 is 0.632 bits per heavy atom. The average molecular weight is 1710 g/mol. The molecule has 4 spiro atoms. The molecule has 0 amide bonds. The highest BCUT2D eigenvalue weighted by Crippen LogP contribution is 2.43. The Balaban J connectivity index is 0.000000175. The molecule has 8 fully saturated rings. The van der Waals surface area contributed by atoms with Crippen molar-refractivity contribution in [2.45, 2.75) is 145 Å². The molecule has 8 aliphatic rings. The highest BCUT2D eigenvalue weighted by molar-refractivity contribution is 7.90. The molecule has 2 N–H and O–H groups in total. The molecule has 44 heteroatoms. The topological polar surface area (TPSA) is 340 Å². The van der Waals surface area contributed by atoms with E-state index in [-0.39, 0.29) is 111 Å². The van der Waals surface area contributed by atoms with E-state index in [2.05, 4.69) is 17.1 Å². The van der Waals surface area contributed by atoms with Crippen molar-refractivity contribution in [3.63, 3.8) is 0 Å². The summed E-state index contributed by atoms with van der Waals surface area (Å²) >= 11 is 0. The molecule has 632 valence electrons. The van der Waals surface area contributed by atoms with Gasteiger partial charge in [-0.3, -0.25) is 38.6 Å². The van der Waals surface area contributed by atoms with Crippen molar-refractivity contribution in [2.75, 3.05) is 131 Å². The number of carboxylic acids is 1. The van der Waals surface area contributed by atoms with Crippen LogP contribution in [0.2, 0.25) is 0 Å². The molecular formula is C70H84F12N8O20S4. The zero-order valence-electron chi connectivity index (χ0n) is 61.5. The maximum Gasteiger partial charge on any atom is 0.454 e. The summed E-state index contributed by atoms with van der Waals surface area (Å²) in [5.41, 5.74) is -6.49. The molecule has 0 aliphatic carbocycles. The summed E-state index contributed by atoms with van der Waals surface area (Å²) in [6, 6.07) is 15.1. The molecule has 0 atom stereocenters. The summed E-state index contributed by atoms with van der Waals surface area (Å²) in [6.07, 6.45) is -14.6. The van der Waals surface area contributed by atoms with Gasteiger partial charge in [0, 0.05) is 139 Å². The van der Waals surface area contributed by atoms with Crippen LogP contribution in [0.5, 0.6) is 0 Å². The predicted octanol–water partition coefficient (Wildman–Crippen LogP) is 7.71. The van der Waals surface area contributed by atoms with Gasteiger partial charge < -0.3 is 39.0 Å². The SMILES string of the molecule is CCCCN1CCC2(CC1)OCCN2S(=O)(=O)c1ccc(C(=O)C(F)(F)F)cc1.CCOC(=O)CN1CCC2(CC1)OCCN2S(=O)(=O)c1ccc(C(=O)C(F)(F)F)cc1.O=C(O)CN1CCC2(CC1)OCCN2S(=O)(=O)c1ccc(C(=O)C(F)(F)F)cc1.O=C(c1ccc(S(=O)(=O)N2CCOC23CCNCC3)cc1)C(F)(F)F. The van der Waals surface area contributed by atoms with Crippen LogP contribution in [0.1, 0.15) is 119 Å². The third kappa shape index (κ3) is 20.7. The fourth-order valence-electron chi connectivity index (χ4n) is 14.6. The summed E-state index contributed by atoms with van der Waals surface area (Å²) in [7, 11) is -16.1. The van der Waals surface area contributed by atoms with Crippen molar-refractivity contribution in [3.8, 4) is 0 Å². The standard InChI is InChI=1S/C19H23F3N2O6S.C19H25F3N2O4S.C17H19F3N2O6S.C15H17F3N2O4S/c1-2-29-16(25)13-23-9-7-18(8-10-23)24(11-12-30-18)31(27,28)15-5-3-14(4-6-15)17(26)19(20,21)22;1-2-3-10-23-11-8-18(9-12-23)24(13-14-28-18)29(26,27)16-6-4-15(5-7-16)17(25)19(20,21)22;18-17(19,20)15(25)12-1-3-13(4-2-12)29(26,27)22-9-10-28-16(22)5-7-21(8-6-16)11-14(23)24;16-15(17,18)13(21)11-1-3-12(4-2-11)25(22,23)20-9-10-24-14(20)5-7-19-8-6-14/h3-6H,2,7-13H2,1H3;4-7H,2-3,8-14H2,1H3;1-4H,5-11H2,(H,23,24);1-4,19H,5-10H2. The van der Waals surface area contributed by atoms with Crippen LogP contribution < -0.4 is 5.32 Å². The first-order chi connectivity index (χ1) is 53.2. The second kappa shape index (κ2) is 36.1. The van der Waals surface area contributed by atoms with Crippen LogP contribution in [0.15, 0.2) is 117 Å². The fourth-order valence-corrected chi connectivity index (χ4v) is 21.5. The number of carboxylic acid groups (broad SMARTS) is 1. The molecule has 4 aromatic carbocycles. The largest absolute Gasteiger partial charge is 0.480 e. The van der Waals surface area contributed by atoms with Gasteiger partial charge in [-0.05, 0) is 130 Å². The molecule has 0 radical (unpaired) electrons. The van der Waals surface area contributed by atoms with E-state index in [1.165, 1.54) is 17.2 Å². The number of aliphatic carboxylic acids is 1. The van der Waals surface area contributed by atoms with Gasteiger partial charge in [0.05, 0.1) is 65.7 Å². The highest BCUT2D eigenvalue weighted by Gasteiger charge is 2.55. The number of halogens is 12. The van der Waals surface area contributed by atoms with Crippen molar-refractivity contribution < 1.29 is 144 Å². The van der Waals surface area contributed by atoms with Crippen LogP contribution in [-0.4, -0.2) is 285 Å². The first-order valence-corrected chi connectivity index (χ1v) is 41.8. The number of ether oxygens (including phenoxy) is 5. The van der Waals surface area contributed by atoms with Crippen LogP contribution >= 0.6 is 0 Å². The van der Waals surface area contributed by atoms with E-state index < -0.39 is 139 Å². The number of sulfonamides is 4. The molecule has 8 heterocycles. The van der Waals surface area contributed by atoms with E-state index in [0.29, 0.717) is 77.8 Å². The second-order valence-electron chi connectivity index (χ2n) is 27.6. The third-order valence-electron chi connectivity index (χ3n) is 20.5. The number of benzene rings is 4. The number of ketones is 4. The Hall–Kier alpha value is -7.02. The molecule has 0 unspecified atom stereocenters. The number of hydrogen-bond donors (Lipinski definition) is 2. The van der Waals surface area contributed by atoms with E-state index in [9.17, 15) is 115 Å². The number of unbranched alkanes of at least 4 members (excludes halogenated alkanes) is 1. The van der Waals surface area contributed by atoms with Crippen molar-refractivity contribution in [1.29, 1.82) is 0 Å². The monoisotopic (exact) mass is 1710 g/mol. The van der Waals surface area contributed by atoms with Crippen LogP contribution in [-0.2, 0) is 73.4 Å². The van der Waals surface area contributed by atoms with Gasteiger partial charge in [-0.25, -0.2) is 33.7 Å². The van der Waals surface area contributed by atoms with Gasteiger partial charge in [0.15, 0.2) is 0 Å². The Kier molecular flexibility index (Phi) is 28.7. The lowest BCUT2D eigenvalue weighted by atomic mass is 10.0. The lowest BCUT2D eigenvalue weighted by molar-refractivity contribution is -0.147. The number of alkyl halides is 12. The van der Waals surface area contributed by atoms with Crippen molar-refractivity contribution in [3.05, 3.63) is 119 Å². The first-order valence-electron chi connectivity index (χ1n) is 36.0. The number of nitrogens with one attached hydrogen (secondary N) is 1. The lowest BCUT2D eigenvalue weighted by Crippen LogP contribution is -2.55. The fraction of sp³-hybridized carbons (Fsp3) is 0.571. The number of likely N-dealkylation sites (tertiary alicyclic amines) is 3.